The molecule has 5 heteroatoms. The van der Waals surface area contributed by atoms with Crippen LogP contribution in [0.1, 0.15) is 0 Å². The number of non-ortho nitro benzene ring substituents is 1. The van der Waals surface area contributed by atoms with E-state index in [1.807, 2.05) is 0 Å². The van der Waals surface area contributed by atoms with Crippen molar-refractivity contribution in [2.75, 3.05) is 13.2 Å². The fourth-order valence-corrected chi connectivity index (χ4v) is 0.995. The molecule has 0 aliphatic heterocycles. The molecular weight excluding hydrogens is 196 g/mol. The van der Waals surface area contributed by atoms with Gasteiger partial charge in [-0.3, -0.25) is 10.1 Å². The van der Waals surface area contributed by atoms with E-state index in [0.717, 1.165) is 0 Å². The SMILES string of the molecule is NCC=CCOc1cccc([N+](=O)[O-])c1. The van der Waals surface area contributed by atoms with Crippen molar-refractivity contribution in [3.05, 3.63) is 46.5 Å². The lowest BCUT2D eigenvalue weighted by Crippen LogP contribution is -1.97. The summed E-state index contributed by atoms with van der Waals surface area (Å²) < 4.78 is 5.25. The summed E-state index contributed by atoms with van der Waals surface area (Å²) in [4.78, 5) is 9.99. The average Bonchev–Trinajstić information content (AvgIpc) is 2.25. The molecule has 0 radical (unpaired) electrons. The van der Waals surface area contributed by atoms with Crippen LogP contribution in [0, 0.1) is 10.1 Å². The predicted octanol–water partition coefficient (Wildman–Crippen LogP) is 1.49. The van der Waals surface area contributed by atoms with Gasteiger partial charge in [0.05, 0.1) is 11.0 Å². The molecule has 0 heterocycles. The summed E-state index contributed by atoms with van der Waals surface area (Å²) in [6.07, 6.45) is 3.52. The molecular formula is C10H12N2O3. The summed E-state index contributed by atoms with van der Waals surface area (Å²) in [5.74, 6) is 0.478. The van der Waals surface area contributed by atoms with E-state index >= 15 is 0 Å². The molecule has 0 saturated carbocycles. The van der Waals surface area contributed by atoms with Crippen molar-refractivity contribution in [1.29, 1.82) is 0 Å². The third-order valence-electron chi connectivity index (χ3n) is 1.68. The molecule has 0 saturated heterocycles. The van der Waals surface area contributed by atoms with Gasteiger partial charge in [0.15, 0.2) is 0 Å². The number of nitrogens with zero attached hydrogens (tertiary/aromatic N) is 1. The first-order valence-corrected chi connectivity index (χ1v) is 4.46. The number of nitro groups is 1. The summed E-state index contributed by atoms with van der Waals surface area (Å²) in [6, 6.07) is 6.06. The van der Waals surface area contributed by atoms with Gasteiger partial charge in [-0.15, -0.1) is 0 Å². The van der Waals surface area contributed by atoms with Crippen molar-refractivity contribution in [2.24, 2.45) is 5.73 Å². The van der Waals surface area contributed by atoms with Crippen molar-refractivity contribution < 1.29 is 9.66 Å². The zero-order chi connectivity index (χ0) is 11.1. The van der Waals surface area contributed by atoms with Crippen LogP contribution >= 0.6 is 0 Å². The first-order valence-electron chi connectivity index (χ1n) is 4.46. The largest absolute Gasteiger partial charge is 0.489 e. The fraction of sp³-hybridized carbons (Fsp3) is 0.200. The van der Waals surface area contributed by atoms with E-state index in [1.165, 1.54) is 12.1 Å². The third kappa shape index (κ3) is 3.78. The van der Waals surface area contributed by atoms with Crippen molar-refractivity contribution in [3.63, 3.8) is 0 Å². The molecule has 0 bridgehead atoms. The minimum Gasteiger partial charge on any atom is -0.489 e. The maximum atomic E-state index is 10.4. The number of hydrogen-bond donors (Lipinski definition) is 1. The van der Waals surface area contributed by atoms with E-state index in [2.05, 4.69) is 0 Å². The molecule has 0 atom stereocenters. The van der Waals surface area contributed by atoms with Gasteiger partial charge >= 0.3 is 0 Å². The van der Waals surface area contributed by atoms with Crippen LogP contribution < -0.4 is 10.5 Å². The second kappa shape index (κ2) is 5.77. The van der Waals surface area contributed by atoms with Crippen LogP contribution in [-0.4, -0.2) is 18.1 Å². The van der Waals surface area contributed by atoms with Crippen LogP contribution in [0.25, 0.3) is 0 Å². The smallest absolute Gasteiger partial charge is 0.273 e. The van der Waals surface area contributed by atoms with Crippen LogP contribution in [0.5, 0.6) is 5.75 Å². The van der Waals surface area contributed by atoms with E-state index in [-0.39, 0.29) is 5.69 Å². The molecule has 0 fully saturated rings. The van der Waals surface area contributed by atoms with Gasteiger partial charge in [-0.2, -0.15) is 0 Å². The Hall–Kier alpha value is -1.88. The number of benzene rings is 1. The van der Waals surface area contributed by atoms with Crippen molar-refractivity contribution in [1.82, 2.24) is 0 Å². The van der Waals surface area contributed by atoms with Crippen molar-refractivity contribution >= 4 is 5.69 Å². The normalized spacial score (nSPS) is 10.5. The highest BCUT2D eigenvalue weighted by molar-refractivity contribution is 5.37. The minimum atomic E-state index is -0.456. The van der Waals surface area contributed by atoms with E-state index in [4.69, 9.17) is 10.5 Å². The zero-order valence-corrected chi connectivity index (χ0v) is 8.13. The molecule has 0 unspecified atom stereocenters. The fourth-order valence-electron chi connectivity index (χ4n) is 0.995. The first-order chi connectivity index (χ1) is 7.24. The Balaban J connectivity index is 2.58. The quantitative estimate of drug-likeness (QED) is 0.451. The van der Waals surface area contributed by atoms with Gasteiger partial charge < -0.3 is 10.5 Å². The molecule has 2 N–H and O–H groups in total. The van der Waals surface area contributed by atoms with Crippen LogP contribution in [0.15, 0.2) is 36.4 Å². The molecule has 0 aliphatic carbocycles. The second-order valence-electron chi connectivity index (χ2n) is 2.77. The molecule has 1 aromatic carbocycles. The topological polar surface area (TPSA) is 78.4 Å². The molecule has 80 valence electrons. The van der Waals surface area contributed by atoms with Gasteiger partial charge in [-0.1, -0.05) is 18.2 Å². The standard InChI is InChI=1S/C10H12N2O3/c11-6-1-2-7-15-10-5-3-4-9(8-10)12(13)14/h1-5,8H,6-7,11H2. The summed E-state index contributed by atoms with van der Waals surface area (Å²) in [5, 5.41) is 10.4. The molecule has 0 amide bonds. The van der Waals surface area contributed by atoms with E-state index < -0.39 is 4.92 Å². The van der Waals surface area contributed by atoms with Crippen molar-refractivity contribution in [3.8, 4) is 5.75 Å². The Morgan fingerprint density at radius 2 is 2.27 bits per heavy atom. The highest BCUT2D eigenvalue weighted by Crippen LogP contribution is 2.18. The monoisotopic (exact) mass is 208 g/mol. The highest BCUT2D eigenvalue weighted by atomic mass is 16.6. The van der Waals surface area contributed by atoms with Gasteiger partial charge in [-0.25, -0.2) is 0 Å². The Labute approximate surface area is 87.3 Å². The summed E-state index contributed by atoms with van der Waals surface area (Å²) in [5.41, 5.74) is 5.26. The summed E-state index contributed by atoms with van der Waals surface area (Å²) >= 11 is 0. The van der Waals surface area contributed by atoms with Gasteiger partial charge in [-0.05, 0) is 6.07 Å². The van der Waals surface area contributed by atoms with Gasteiger partial charge in [0, 0.05) is 12.6 Å². The van der Waals surface area contributed by atoms with Crippen LogP contribution in [-0.2, 0) is 0 Å². The van der Waals surface area contributed by atoms with Crippen LogP contribution in [0.4, 0.5) is 5.69 Å². The Kier molecular flexibility index (Phi) is 4.30. The number of hydrogen-bond acceptors (Lipinski definition) is 4. The van der Waals surface area contributed by atoms with E-state index in [1.54, 1.807) is 24.3 Å². The Bertz CT molecular complexity index is 363. The number of nitrogens with two attached hydrogens (primary N) is 1. The van der Waals surface area contributed by atoms with Crippen LogP contribution in [0.3, 0.4) is 0 Å². The molecule has 0 aliphatic rings. The minimum absolute atomic E-state index is 0.0234. The molecule has 0 spiro atoms. The van der Waals surface area contributed by atoms with Gasteiger partial charge in [0.1, 0.15) is 12.4 Å². The third-order valence-corrected chi connectivity index (χ3v) is 1.68. The van der Waals surface area contributed by atoms with Crippen LogP contribution in [0.2, 0.25) is 0 Å². The lowest BCUT2D eigenvalue weighted by Gasteiger charge is -2.01. The van der Waals surface area contributed by atoms with Crippen molar-refractivity contribution in [2.45, 2.75) is 0 Å². The highest BCUT2D eigenvalue weighted by Gasteiger charge is 2.05. The lowest BCUT2D eigenvalue weighted by atomic mass is 10.3. The first kappa shape index (κ1) is 11.2. The molecule has 1 rings (SSSR count). The Morgan fingerprint density at radius 1 is 1.47 bits per heavy atom. The molecule has 0 aromatic heterocycles. The van der Waals surface area contributed by atoms with Gasteiger partial charge in [0.25, 0.3) is 5.69 Å². The molecule has 5 nitrogen and oxygen atoms in total. The van der Waals surface area contributed by atoms with E-state index in [0.29, 0.717) is 18.9 Å². The number of rotatable bonds is 5. The maximum absolute atomic E-state index is 10.4. The second-order valence-corrected chi connectivity index (χ2v) is 2.77. The maximum Gasteiger partial charge on any atom is 0.273 e. The average molecular weight is 208 g/mol. The van der Waals surface area contributed by atoms with E-state index in [9.17, 15) is 10.1 Å². The lowest BCUT2D eigenvalue weighted by molar-refractivity contribution is -0.384. The van der Waals surface area contributed by atoms with Gasteiger partial charge in [0.2, 0.25) is 0 Å². The number of nitro benzene ring substituents is 1. The molecule has 1 aromatic rings. The summed E-state index contributed by atoms with van der Waals surface area (Å²) in [6.45, 7) is 0.816. The predicted molar refractivity (Wildman–Crippen MR) is 56.8 cm³/mol. The molecule has 15 heavy (non-hydrogen) atoms. The summed E-state index contributed by atoms with van der Waals surface area (Å²) in [7, 11) is 0. The number of ether oxygens (including phenoxy) is 1. The zero-order valence-electron chi connectivity index (χ0n) is 8.13. The Morgan fingerprint density at radius 3 is 2.93 bits per heavy atom.